The van der Waals surface area contributed by atoms with Crippen molar-refractivity contribution in [1.82, 2.24) is 5.32 Å². The van der Waals surface area contributed by atoms with Crippen molar-refractivity contribution in [3.05, 3.63) is 54.6 Å². The van der Waals surface area contributed by atoms with E-state index >= 15 is 0 Å². The van der Waals surface area contributed by atoms with Gasteiger partial charge in [0.2, 0.25) is 5.91 Å². The minimum atomic E-state index is 0.0713. The summed E-state index contributed by atoms with van der Waals surface area (Å²) in [5.41, 5.74) is 0. The van der Waals surface area contributed by atoms with Crippen LogP contribution in [0.4, 0.5) is 0 Å². The van der Waals surface area contributed by atoms with Gasteiger partial charge >= 0.3 is 0 Å². The van der Waals surface area contributed by atoms with Crippen LogP contribution in [0.2, 0.25) is 0 Å². The van der Waals surface area contributed by atoms with Gasteiger partial charge in [-0.1, -0.05) is 18.2 Å². The lowest BCUT2D eigenvalue weighted by molar-refractivity contribution is -0.121. The number of amides is 1. The maximum Gasteiger partial charge on any atom is 0.220 e. The second kappa shape index (κ2) is 10.6. The Morgan fingerprint density at radius 3 is 2.46 bits per heavy atom. The Balaban J connectivity index is 1.51. The lowest BCUT2D eigenvalue weighted by Crippen LogP contribution is -2.27. The number of benzene rings is 2. The highest BCUT2D eigenvalue weighted by atomic mass is 32.2. The van der Waals surface area contributed by atoms with E-state index in [9.17, 15) is 4.79 Å². The highest BCUT2D eigenvalue weighted by Gasteiger charge is 2.02. The summed E-state index contributed by atoms with van der Waals surface area (Å²) in [4.78, 5) is 13.0. The van der Waals surface area contributed by atoms with E-state index in [0.29, 0.717) is 19.6 Å². The highest BCUT2D eigenvalue weighted by Crippen LogP contribution is 2.18. The SMILES string of the molecule is COc1ccc(OCCNC(=O)CCCSc2ccccc2)cc1. The zero-order chi connectivity index (χ0) is 17.0. The summed E-state index contributed by atoms with van der Waals surface area (Å²) >= 11 is 1.78. The van der Waals surface area contributed by atoms with E-state index in [-0.39, 0.29) is 5.91 Å². The normalized spacial score (nSPS) is 10.2. The monoisotopic (exact) mass is 345 g/mol. The molecule has 0 bridgehead atoms. The summed E-state index contributed by atoms with van der Waals surface area (Å²) in [5, 5.41) is 2.88. The van der Waals surface area contributed by atoms with Crippen LogP contribution >= 0.6 is 11.8 Å². The van der Waals surface area contributed by atoms with Gasteiger partial charge in [-0.3, -0.25) is 4.79 Å². The molecule has 2 rings (SSSR count). The maximum absolute atomic E-state index is 11.8. The average molecular weight is 345 g/mol. The van der Waals surface area contributed by atoms with Gasteiger partial charge in [-0.2, -0.15) is 0 Å². The lowest BCUT2D eigenvalue weighted by Gasteiger charge is -2.08. The predicted molar refractivity (Wildman–Crippen MR) is 97.9 cm³/mol. The molecule has 1 amide bonds. The topological polar surface area (TPSA) is 47.6 Å². The third-order valence-corrected chi connectivity index (χ3v) is 4.41. The van der Waals surface area contributed by atoms with E-state index in [1.807, 2.05) is 42.5 Å². The van der Waals surface area contributed by atoms with E-state index in [0.717, 1.165) is 23.7 Å². The van der Waals surface area contributed by atoms with Crippen molar-refractivity contribution in [3.8, 4) is 11.5 Å². The molecule has 2 aromatic rings. The van der Waals surface area contributed by atoms with E-state index in [2.05, 4.69) is 17.4 Å². The molecule has 0 aliphatic carbocycles. The predicted octanol–water partition coefficient (Wildman–Crippen LogP) is 3.76. The molecule has 0 atom stereocenters. The van der Waals surface area contributed by atoms with Crippen molar-refractivity contribution in [3.63, 3.8) is 0 Å². The summed E-state index contributed by atoms with van der Waals surface area (Å²) in [6, 6.07) is 17.6. The lowest BCUT2D eigenvalue weighted by atomic mass is 10.3. The first-order valence-corrected chi connectivity index (χ1v) is 8.98. The van der Waals surface area contributed by atoms with Crippen LogP contribution in [0.5, 0.6) is 11.5 Å². The molecule has 0 aromatic heterocycles. The number of hydrogen-bond acceptors (Lipinski definition) is 4. The van der Waals surface area contributed by atoms with Crippen molar-refractivity contribution in [2.75, 3.05) is 26.0 Å². The Morgan fingerprint density at radius 1 is 1.04 bits per heavy atom. The second-order valence-electron chi connectivity index (χ2n) is 5.14. The fourth-order valence-electron chi connectivity index (χ4n) is 2.06. The molecule has 5 heteroatoms. The van der Waals surface area contributed by atoms with Crippen LogP contribution in [0.1, 0.15) is 12.8 Å². The Kier molecular flexibility index (Phi) is 8.04. The number of rotatable bonds is 10. The van der Waals surface area contributed by atoms with Crippen LogP contribution in [0.25, 0.3) is 0 Å². The number of methoxy groups -OCH3 is 1. The molecule has 128 valence electrons. The number of carbonyl (C=O) groups excluding carboxylic acids is 1. The van der Waals surface area contributed by atoms with Gasteiger partial charge in [0.05, 0.1) is 13.7 Å². The van der Waals surface area contributed by atoms with Crippen molar-refractivity contribution in [1.29, 1.82) is 0 Å². The van der Waals surface area contributed by atoms with E-state index in [4.69, 9.17) is 9.47 Å². The largest absolute Gasteiger partial charge is 0.497 e. The molecular formula is C19H23NO3S. The molecule has 24 heavy (non-hydrogen) atoms. The minimum Gasteiger partial charge on any atom is -0.497 e. The van der Waals surface area contributed by atoms with Crippen molar-refractivity contribution >= 4 is 17.7 Å². The van der Waals surface area contributed by atoms with Gasteiger partial charge < -0.3 is 14.8 Å². The number of nitrogens with one attached hydrogen (secondary N) is 1. The summed E-state index contributed by atoms with van der Waals surface area (Å²) < 4.78 is 10.7. The molecule has 1 N–H and O–H groups in total. The molecular weight excluding hydrogens is 322 g/mol. The van der Waals surface area contributed by atoms with Crippen LogP contribution in [0, 0.1) is 0 Å². The maximum atomic E-state index is 11.8. The fraction of sp³-hybridized carbons (Fsp3) is 0.316. The average Bonchev–Trinajstić information content (AvgIpc) is 2.64. The molecule has 4 nitrogen and oxygen atoms in total. The minimum absolute atomic E-state index is 0.0713. The zero-order valence-corrected chi connectivity index (χ0v) is 14.7. The molecule has 0 radical (unpaired) electrons. The van der Waals surface area contributed by atoms with E-state index in [1.165, 1.54) is 4.90 Å². The second-order valence-corrected chi connectivity index (χ2v) is 6.31. The molecule has 0 spiro atoms. The summed E-state index contributed by atoms with van der Waals surface area (Å²) in [5.74, 6) is 2.58. The number of carbonyl (C=O) groups is 1. The molecule has 0 aliphatic heterocycles. The standard InChI is InChI=1S/C19H23NO3S/c1-22-16-9-11-17(12-10-16)23-14-13-20-19(21)8-5-15-24-18-6-3-2-4-7-18/h2-4,6-7,9-12H,5,8,13-15H2,1H3,(H,20,21). The van der Waals surface area contributed by atoms with Crippen LogP contribution in [0.15, 0.2) is 59.5 Å². The summed E-state index contributed by atoms with van der Waals surface area (Å²) in [6.45, 7) is 0.966. The molecule has 0 fully saturated rings. The van der Waals surface area contributed by atoms with Gasteiger partial charge in [0.25, 0.3) is 0 Å². The van der Waals surface area contributed by atoms with E-state index < -0.39 is 0 Å². The first-order chi connectivity index (χ1) is 11.8. The van der Waals surface area contributed by atoms with Gasteiger partial charge in [0.1, 0.15) is 18.1 Å². The Bertz CT molecular complexity index is 602. The van der Waals surface area contributed by atoms with Crippen LogP contribution in [-0.4, -0.2) is 31.9 Å². The fourth-order valence-corrected chi connectivity index (χ4v) is 2.93. The zero-order valence-electron chi connectivity index (χ0n) is 13.9. The molecule has 0 aliphatic rings. The van der Waals surface area contributed by atoms with Crippen molar-refractivity contribution < 1.29 is 14.3 Å². The van der Waals surface area contributed by atoms with Crippen molar-refractivity contribution in [2.24, 2.45) is 0 Å². The van der Waals surface area contributed by atoms with Gasteiger partial charge in [-0.15, -0.1) is 11.8 Å². The Morgan fingerprint density at radius 2 is 1.75 bits per heavy atom. The third-order valence-electron chi connectivity index (χ3n) is 3.31. The molecule has 0 saturated heterocycles. The van der Waals surface area contributed by atoms with Gasteiger partial charge in [-0.25, -0.2) is 0 Å². The number of thioether (sulfide) groups is 1. The third kappa shape index (κ3) is 6.96. The molecule has 0 saturated carbocycles. The van der Waals surface area contributed by atoms with Crippen molar-refractivity contribution in [2.45, 2.75) is 17.7 Å². The summed E-state index contributed by atoms with van der Waals surface area (Å²) in [7, 11) is 1.63. The highest BCUT2D eigenvalue weighted by molar-refractivity contribution is 7.99. The van der Waals surface area contributed by atoms with Crippen LogP contribution < -0.4 is 14.8 Å². The summed E-state index contributed by atoms with van der Waals surface area (Å²) in [6.07, 6.45) is 1.41. The van der Waals surface area contributed by atoms with Crippen LogP contribution in [0.3, 0.4) is 0 Å². The van der Waals surface area contributed by atoms with Gasteiger partial charge in [0, 0.05) is 11.3 Å². The first-order valence-electron chi connectivity index (χ1n) is 7.99. The number of hydrogen-bond donors (Lipinski definition) is 1. The molecule has 0 unspecified atom stereocenters. The molecule has 0 heterocycles. The number of ether oxygens (including phenoxy) is 2. The van der Waals surface area contributed by atoms with E-state index in [1.54, 1.807) is 18.9 Å². The quantitative estimate of drug-likeness (QED) is 0.526. The van der Waals surface area contributed by atoms with Gasteiger partial charge in [0.15, 0.2) is 0 Å². The van der Waals surface area contributed by atoms with Crippen LogP contribution in [-0.2, 0) is 4.79 Å². The van der Waals surface area contributed by atoms with Gasteiger partial charge in [-0.05, 0) is 48.6 Å². The Hall–Kier alpha value is -2.14. The molecule has 2 aromatic carbocycles. The Labute approximate surface area is 147 Å². The first kappa shape index (κ1) is 18.2. The smallest absolute Gasteiger partial charge is 0.220 e.